The number of hydrogen-bond donors (Lipinski definition) is 1. The van der Waals surface area contributed by atoms with E-state index in [0.29, 0.717) is 0 Å². The number of aryl methyl sites for hydroxylation is 1. The molecular weight excluding hydrogens is 248 g/mol. The number of rotatable bonds is 5. The van der Waals surface area contributed by atoms with Gasteiger partial charge >= 0.3 is 0 Å². The third-order valence-electron chi connectivity index (χ3n) is 3.85. The van der Waals surface area contributed by atoms with Crippen LogP contribution in [0.3, 0.4) is 0 Å². The number of fused-ring (bicyclic) bond motifs is 1. The molecule has 0 saturated heterocycles. The van der Waals surface area contributed by atoms with E-state index >= 15 is 0 Å². The minimum absolute atomic E-state index is 0.145. The molecule has 2 rings (SSSR count). The normalized spacial score (nSPS) is 13.7. The summed E-state index contributed by atoms with van der Waals surface area (Å²) in [6, 6.07) is 10.9. The molecule has 0 amide bonds. The lowest BCUT2D eigenvalue weighted by atomic mass is 9.93. The predicted octanol–water partition coefficient (Wildman–Crippen LogP) is 3.62. The number of ether oxygens (including phenoxy) is 1. The molecule has 2 aromatic rings. The summed E-state index contributed by atoms with van der Waals surface area (Å²) in [5.41, 5.74) is 3.23. The van der Waals surface area contributed by atoms with Crippen molar-refractivity contribution in [1.82, 2.24) is 10.3 Å². The Morgan fingerprint density at radius 1 is 1.25 bits per heavy atom. The van der Waals surface area contributed by atoms with Crippen molar-refractivity contribution in [2.24, 2.45) is 0 Å². The zero-order chi connectivity index (χ0) is 14.8. The van der Waals surface area contributed by atoms with Crippen LogP contribution in [0.2, 0.25) is 0 Å². The number of methoxy groups -OCH3 is 1. The van der Waals surface area contributed by atoms with Crippen LogP contribution in [-0.4, -0.2) is 24.7 Å². The monoisotopic (exact) mass is 272 g/mol. The van der Waals surface area contributed by atoms with Crippen molar-refractivity contribution in [2.75, 3.05) is 14.2 Å². The van der Waals surface area contributed by atoms with E-state index in [2.05, 4.69) is 54.5 Å². The second-order valence-corrected chi connectivity index (χ2v) is 5.91. The lowest BCUT2D eigenvalue weighted by Gasteiger charge is -2.28. The minimum Gasteiger partial charge on any atom is -0.379 e. The van der Waals surface area contributed by atoms with Crippen molar-refractivity contribution in [3.05, 3.63) is 41.6 Å². The maximum absolute atomic E-state index is 5.54. The first-order valence-corrected chi connectivity index (χ1v) is 7.05. The number of pyridine rings is 1. The molecular formula is C17H24N2O. The minimum atomic E-state index is -0.145. The summed E-state index contributed by atoms with van der Waals surface area (Å²) < 4.78 is 5.54. The van der Waals surface area contributed by atoms with Crippen molar-refractivity contribution in [3.63, 3.8) is 0 Å². The SMILES string of the molecule is CNC(CC(C)(C)OC)c1ccc2nc(C)ccc2c1. The van der Waals surface area contributed by atoms with Gasteiger partial charge in [-0.1, -0.05) is 12.1 Å². The molecule has 0 aliphatic carbocycles. The third kappa shape index (κ3) is 3.35. The van der Waals surface area contributed by atoms with Crippen LogP contribution in [0.15, 0.2) is 30.3 Å². The zero-order valence-corrected chi connectivity index (χ0v) is 13.0. The first-order valence-electron chi connectivity index (χ1n) is 7.05. The van der Waals surface area contributed by atoms with Crippen LogP contribution in [0.25, 0.3) is 10.9 Å². The van der Waals surface area contributed by atoms with Gasteiger partial charge in [0.25, 0.3) is 0 Å². The lowest BCUT2D eigenvalue weighted by Crippen LogP contribution is -2.30. The Morgan fingerprint density at radius 3 is 2.65 bits per heavy atom. The molecule has 0 bridgehead atoms. The molecule has 108 valence electrons. The molecule has 1 aromatic carbocycles. The molecule has 0 radical (unpaired) electrons. The van der Waals surface area contributed by atoms with Gasteiger partial charge < -0.3 is 10.1 Å². The van der Waals surface area contributed by atoms with Gasteiger partial charge in [0.05, 0.1) is 11.1 Å². The first-order chi connectivity index (χ1) is 9.45. The average Bonchev–Trinajstić information content (AvgIpc) is 2.44. The van der Waals surface area contributed by atoms with E-state index in [4.69, 9.17) is 4.74 Å². The molecule has 20 heavy (non-hydrogen) atoms. The second-order valence-electron chi connectivity index (χ2n) is 5.91. The van der Waals surface area contributed by atoms with Crippen LogP contribution in [0, 0.1) is 6.92 Å². The van der Waals surface area contributed by atoms with Crippen molar-refractivity contribution >= 4 is 10.9 Å². The number of nitrogens with one attached hydrogen (secondary N) is 1. The molecule has 1 aromatic heterocycles. The fourth-order valence-corrected chi connectivity index (χ4v) is 2.42. The Hall–Kier alpha value is -1.45. The van der Waals surface area contributed by atoms with Crippen LogP contribution >= 0.6 is 0 Å². The van der Waals surface area contributed by atoms with Crippen molar-refractivity contribution in [2.45, 2.75) is 38.8 Å². The van der Waals surface area contributed by atoms with Crippen molar-refractivity contribution in [3.8, 4) is 0 Å². The molecule has 1 unspecified atom stereocenters. The highest BCUT2D eigenvalue weighted by Crippen LogP contribution is 2.27. The molecule has 1 atom stereocenters. The van der Waals surface area contributed by atoms with Gasteiger partial charge in [0.1, 0.15) is 0 Å². The summed E-state index contributed by atoms with van der Waals surface area (Å²) in [6.45, 7) is 6.25. The van der Waals surface area contributed by atoms with E-state index in [1.54, 1.807) is 7.11 Å². The Kier molecular flexibility index (Phi) is 4.41. The maximum Gasteiger partial charge on any atom is 0.0705 e. The van der Waals surface area contributed by atoms with Gasteiger partial charge in [0.15, 0.2) is 0 Å². The van der Waals surface area contributed by atoms with Crippen molar-refractivity contribution < 1.29 is 4.74 Å². The quantitative estimate of drug-likeness (QED) is 0.902. The van der Waals surface area contributed by atoms with Gasteiger partial charge in [-0.05, 0) is 58.0 Å². The van der Waals surface area contributed by atoms with E-state index in [9.17, 15) is 0 Å². The predicted molar refractivity (Wildman–Crippen MR) is 84.0 cm³/mol. The summed E-state index contributed by atoms with van der Waals surface area (Å²) in [5, 5.41) is 4.57. The highest BCUT2D eigenvalue weighted by molar-refractivity contribution is 5.79. The van der Waals surface area contributed by atoms with Gasteiger partial charge in [-0.3, -0.25) is 4.98 Å². The van der Waals surface area contributed by atoms with Crippen LogP contribution in [-0.2, 0) is 4.74 Å². The second kappa shape index (κ2) is 5.90. The molecule has 1 N–H and O–H groups in total. The molecule has 1 heterocycles. The largest absolute Gasteiger partial charge is 0.379 e. The smallest absolute Gasteiger partial charge is 0.0705 e. The van der Waals surface area contributed by atoms with Crippen LogP contribution in [0.4, 0.5) is 0 Å². The van der Waals surface area contributed by atoms with Crippen LogP contribution < -0.4 is 5.32 Å². The Balaban J connectivity index is 2.33. The summed E-state index contributed by atoms with van der Waals surface area (Å²) in [5.74, 6) is 0. The molecule has 3 heteroatoms. The molecule has 0 aliphatic heterocycles. The topological polar surface area (TPSA) is 34.1 Å². The molecule has 0 fully saturated rings. The Bertz CT molecular complexity index is 593. The summed E-state index contributed by atoms with van der Waals surface area (Å²) >= 11 is 0. The standard InChI is InChI=1S/C17H24N2O/c1-12-6-7-13-10-14(8-9-15(13)19-12)16(18-4)11-17(2,3)20-5/h6-10,16,18H,11H2,1-5H3. The fraction of sp³-hybridized carbons (Fsp3) is 0.471. The van der Waals surface area contributed by atoms with E-state index in [1.165, 1.54) is 10.9 Å². The Morgan fingerprint density at radius 2 is 2.00 bits per heavy atom. The van der Waals surface area contributed by atoms with E-state index in [1.807, 2.05) is 14.0 Å². The zero-order valence-electron chi connectivity index (χ0n) is 13.0. The molecule has 0 aliphatic rings. The number of benzene rings is 1. The van der Waals surface area contributed by atoms with Gasteiger partial charge in [0.2, 0.25) is 0 Å². The van der Waals surface area contributed by atoms with Crippen LogP contribution in [0.1, 0.15) is 37.6 Å². The van der Waals surface area contributed by atoms with Crippen molar-refractivity contribution in [1.29, 1.82) is 0 Å². The third-order valence-corrected chi connectivity index (χ3v) is 3.85. The molecule has 0 saturated carbocycles. The number of aromatic nitrogens is 1. The van der Waals surface area contributed by atoms with E-state index < -0.39 is 0 Å². The van der Waals surface area contributed by atoms with E-state index in [0.717, 1.165) is 17.6 Å². The summed E-state index contributed by atoms with van der Waals surface area (Å²) in [7, 11) is 3.76. The van der Waals surface area contributed by atoms with Gasteiger partial charge in [-0.25, -0.2) is 0 Å². The van der Waals surface area contributed by atoms with Gasteiger partial charge in [-0.2, -0.15) is 0 Å². The lowest BCUT2D eigenvalue weighted by molar-refractivity contribution is 0.00745. The summed E-state index contributed by atoms with van der Waals surface area (Å²) in [4.78, 5) is 4.55. The Labute approximate surface area is 121 Å². The fourth-order valence-electron chi connectivity index (χ4n) is 2.42. The van der Waals surface area contributed by atoms with Gasteiger partial charge in [-0.15, -0.1) is 0 Å². The maximum atomic E-state index is 5.54. The first kappa shape index (κ1) is 14.9. The van der Waals surface area contributed by atoms with Gasteiger partial charge in [0, 0.05) is 24.2 Å². The number of nitrogens with zero attached hydrogens (tertiary/aromatic N) is 1. The van der Waals surface area contributed by atoms with E-state index in [-0.39, 0.29) is 11.6 Å². The van der Waals surface area contributed by atoms with Crippen LogP contribution in [0.5, 0.6) is 0 Å². The molecule has 0 spiro atoms. The molecule has 3 nitrogen and oxygen atoms in total. The number of hydrogen-bond acceptors (Lipinski definition) is 3. The highest BCUT2D eigenvalue weighted by Gasteiger charge is 2.23. The highest BCUT2D eigenvalue weighted by atomic mass is 16.5. The summed E-state index contributed by atoms with van der Waals surface area (Å²) in [6.07, 6.45) is 0.921. The average molecular weight is 272 g/mol.